The predicted octanol–water partition coefficient (Wildman–Crippen LogP) is 3.40. The molecule has 0 atom stereocenters. The van der Waals surface area contributed by atoms with E-state index in [-0.39, 0.29) is 6.61 Å². The van der Waals surface area contributed by atoms with E-state index < -0.39 is 11.9 Å². The molecule has 0 unspecified atom stereocenters. The van der Waals surface area contributed by atoms with Crippen molar-refractivity contribution in [3.8, 4) is 0 Å². The van der Waals surface area contributed by atoms with Gasteiger partial charge in [-0.25, -0.2) is 4.79 Å². The van der Waals surface area contributed by atoms with Crippen LogP contribution in [0.1, 0.15) is 29.2 Å². The van der Waals surface area contributed by atoms with Gasteiger partial charge in [-0.1, -0.05) is 54.1 Å². The predicted molar refractivity (Wildman–Crippen MR) is 93.2 cm³/mol. The Bertz CT molecular complexity index is 710. The Hall–Kier alpha value is -2.62. The van der Waals surface area contributed by atoms with Gasteiger partial charge in [0.1, 0.15) is 0 Å². The summed E-state index contributed by atoms with van der Waals surface area (Å²) in [6.07, 6.45) is 0. The van der Waals surface area contributed by atoms with Crippen molar-refractivity contribution in [1.82, 2.24) is 4.90 Å². The summed E-state index contributed by atoms with van der Waals surface area (Å²) in [5, 5.41) is 0. The number of carbonyl (C=O) groups is 2. The zero-order chi connectivity index (χ0) is 17.5. The number of benzene rings is 2. The Morgan fingerprint density at radius 1 is 1.00 bits per heavy atom. The minimum absolute atomic E-state index is 0.188. The highest BCUT2D eigenvalue weighted by Crippen LogP contribution is 2.16. The molecule has 0 aliphatic heterocycles. The van der Waals surface area contributed by atoms with Crippen LogP contribution in [-0.4, -0.2) is 23.4 Å². The third-order valence-electron chi connectivity index (χ3n) is 3.81. The summed E-state index contributed by atoms with van der Waals surface area (Å²) in [5.74, 6) is -1.42. The van der Waals surface area contributed by atoms with Crippen LogP contribution in [0.2, 0.25) is 0 Å². The molecule has 24 heavy (non-hydrogen) atoms. The van der Waals surface area contributed by atoms with E-state index in [9.17, 15) is 9.59 Å². The van der Waals surface area contributed by atoms with Gasteiger partial charge in [0.15, 0.2) is 0 Å². The number of hydrogen-bond acceptors (Lipinski definition) is 3. The first kappa shape index (κ1) is 17.7. The molecule has 0 aliphatic carbocycles. The van der Waals surface area contributed by atoms with Crippen molar-refractivity contribution in [3.63, 3.8) is 0 Å². The van der Waals surface area contributed by atoms with Crippen LogP contribution in [0.4, 0.5) is 0 Å². The van der Waals surface area contributed by atoms with Crippen LogP contribution in [0.25, 0.3) is 0 Å². The Kier molecular flexibility index (Phi) is 6.13. The number of carbonyl (C=O) groups excluding carboxylic acids is 2. The van der Waals surface area contributed by atoms with Crippen LogP contribution in [0, 0.1) is 13.8 Å². The van der Waals surface area contributed by atoms with Crippen molar-refractivity contribution in [2.24, 2.45) is 0 Å². The summed E-state index contributed by atoms with van der Waals surface area (Å²) in [5.41, 5.74) is 4.27. The monoisotopic (exact) mass is 325 g/mol. The van der Waals surface area contributed by atoms with Crippen molar-refractivity contribution in [1.29, 1.82) is 0 Å². The minimum Gasteiger partial charge on any atom is -0.459 e. The number of esters is 1. The molecule has 4 heteroatoms. The van der Waals surface area contributed by atoms with Crippen LogP contribution in [0.3, 0.4) is 0 Å². The summed E-state index contributed by atoms with van der Waals surface area (Å²) in [6.45, 7) is 6.66. The van der Waals surface area contributed by atoms with Gasteiger partial charge in [-0.2, -0.15) is 0 Å². The maximum absolute atomic E-state index is 12.5. The first-order valence-electron chi connectivity index (χ1n) is 8.07. The number of hydrogen-bond donors (Lipinski definition) is 0. The van der Waals surface area contributed by atoms with E-state index in [4.69, 9.17) is 4.74 Å². The quantitative estimate of drug-likeness (QED) is 0.625. The minimum atomic E-state index is -0.807. The Morgan fingerprint density at radius 2 is 1.71 bits per heavy atom. The molecule has 0 saturated carbocycles. The zero-order valence-corrected chi connectivity index (χ0v) is 14.4. The van der Waals surface area contributed by atoms with E-state index >= 15 is 0 Å². The molecule has 0 heterocycles. The fourth-order valence-corrected chi connectivity index (χ4v) is 2.55. The van der Waals surface area contributed by atoms with Gasteiger partial charge in [0.05, 0.1) is 6.61 Å². The van der Waals surface area contributed by atoms with Crippen molar-refractivity contribution in [2.75, 3.05) is 6.61 Å². The fourth-order valence-electron chi connectivity index (χ4n) is 2.55. The SMILES string of the molecule is CCOC(=O)C(=O)N(Cc1ccccc1)Cc1ccc(C)cc1C. The summed E-state index contributed by atoms with van der Waals surface area (Å²) in [6, 6.07) is 15.7. The van der Waals surface area contributed by atoms with E-state index in [1.165, 1.54) is 10.5 Å². The molecule has 0 radical (unpaired) electrons. The number of rotatable bonds is 5. The maximum atomic E-state index is 12.5. The highest BCUT2D eigenvalue weighted by Gasteiger charge is 2.24. The van der Waals surface area contributed by atoms with Crippen molar-refractivity contribution < 1.29 is 14.3 Å². The highest BCUT2D eigenvalue weighted by molar-refractivity contribution is 6.32. The molecule has 4 nitrogen and oxygen atoms in total. The second kappa shape index (κ2) is 8.29. The molecule has 2 aromatic rings. The molecule has 2 aromatic carbocycles. The van der Waals surface area contributed by atoms with Crippen LogP contribution in [0.15, 0.2) is 48.5 Å². The largest absolute Gasteiger partial charge is 0.459 e. The van der Waals surface area contributed by atoms with E-state index in [0.29, 0.717) is 13.1 Å². The van der Waals surface area contributed by atoms with Crippen LogP contribution < -0.4 is 0 Å². The van der Waals surface area contributed by atoms with Gasteiger partial charge in [-0.05, 0) is 37.5 Å². The smallest absolute Gasteiger partial charge is 0.397 e. The lowest BCUT2D eigenvalue weighted by Crippen LogP contribution is -2.37. The standard InChI is InChI=1S/C20H23NO3/c1-4-24-20(23)19(22)21(13-17-8-6-5-7-9-17)14-18-11-10-15(2)12-16(18)3/h5-12H,4,13-14H2,1-3H3. The first-order valence-corrected chi connectivity index (χ1v) is 8.07. The molecule has 0 N–H and O–H groups in total. The lowest BCUT2D eigenvalue weighted by atomic mass is 10.0. The Labute approximate surface area is 143 Å². The van der Waals surface area contributed by atoms with Crippen LogP contribution in [-0.2, 0) is 27.4 Å². The molecule has 0 spiro atoms. The average Bonchev–Trinajstić information content (AvgIpc) is 2.57. The molecular weight excluding hydrogens is 302 g/mol. The lowest BCUT2D eigenvalue weighted by molar-refractivity contribution is -0.160. The summed E-state index contributed by atoms with van der Waals surface area (Å²) in [7, 11) is 0. The third kappa shape index (κ3) is 4.69. The molecule has 0 fully saturated rings. The van der Waals surface area contributed by atoms with Gasteiger partial charge in [-0.15, -0.1) is 0 Å². The van der Waals surface area contributed by atoms with E-state index in [1.807, 2.05) is 56.3 Å². The molecule has 126 valence electrons. The molecule has 0 bridgehead atoms. The van der Waals surface area contributed by atoms with Gasteiger partial charge < -0.3 is 9.64 Å². The van der Waals surface area contributed by atoms with Gasteiger partial charge in [-0.3, -0.25) is 4.79 Å². The lowest BCUT2D eigenvalue weighted by Gasteiger charge is -2.23. The van der Waals surface area contributed by atoms with E-state index in [2.05, 4.69) is 6.07 Å². The summed E-state index contributed by atoms with van der Waals surface area (Å²) >= 11 is 0. The second-order valence-corrected chi connectivity index (χ2v) is 5.80. The van der Waals surface area contributed by atoms with Gasteiger partial charge in [0, 0.05) is 13.1 Å². The molecule has 0 saturated heterocycles. The number of amides is 1. The average molecular weight is 325 g/mol. The van der Waals surface area contributed by atoms with Gasteiger partial charge in [0.25, 0.3) is 0 Å². The molecule has 0 aliphatic rings. The Balaban J connectivity index is 2.24. The topological polar surface area (TPSA) is 46.6 Å². The highest BCUT2D eigenvalue weighted by atomic mass is 16.5. The maximum Gasteiger partial charge on any atom is 0.397 e. The first-order chi connectivity index (χ1) is 11.5. The fraction of sp³-hybridized carbons (Fsp3) is 0.300. The van der Waals surface area contributed by atoms with Crippen molar-refractivity contribution in [2.45, 2.75) is 33.9 Å². The summed E-state index contributed by atoms with van der Waals surface area (Å²) in [4.78, 5) is 25.9. The van der Waals surface area contributed by atoms with Crippen LogP contribution in [0.5, 0.6) is 0 Å². The second-order valence-electron chi connectivity index (χ2n) is 5.80. The molecule has 1 amide bonds. The van der Waals surface area contributed by atoms with E-state index in [1.54, 1.807) is 6.92 Å². The summed E-state index contributed by atoms with van der Waals surface area (Å²) < 4.78 is 4.88. The Morgan fingerprint density at radius 3 is 2.33 bits per heavy atom. The molecule has 0 aromatic heterocycles. The van der Waals surface area contributed by atoms with Gasteiger partial charge >= 0.3 is 11.9 Å². The van der Waals surface area contributed by atoms with Crippen molar-refractivity contribution >= 4 is 11.9 Å². The van der Waals surface area contributed by atoms with Crippen LogP contribution >= 0.6 is 0 Å². The third-order valence-corrected chi connectivity index (χ3v) is 3.81. The number of aryl methyl sites for hydroxylation is 2. The zero-order valence-electron chi connectivity index (χ0n) is 14.4. The molecular formula is C20H23NO3. The van der Waals surface area contributed by atoms with E-state index in [0.717, 1.165) is 16.7 Å². The molecule has 2 rings (SSSR count). The normalized spacial score (nSPS) is 10.3. The number of nitrogens with zero attached hydrogens (tertiary/aromatic N) is 1. The number of ether oxygens (including phenoxy) is 1. The van der Waals surface area contributed by atoms with Gasteiger partial charge in [0.2, 0.25) is 0 Å². The van der Waals surface area contributed by atoms with Crippen molar-refractivity contribution in [3.05, 3.63) is 70.8 Å².